The van der Waals surface area contributed by atoms with Crippen molar-refractivity contribution in [2.24, 2.45) is 0 Å². The third kappa shape index (κ3) is 3.80. The van der Waals surface area contributed by atoms with Crippen LogP contribution in [0.3, 0.4) is 0 Å². The van der Waals surface area contributed by atoms with Crippen molar-refractivity contribution in [3.8, 4) is 5.75 Å². The second-order valence-corrected chi connectivity index (χ2v) is 6.39. The number of benzene rings is 3. The summed E-state index contributed by atoms with van der Waals surface area (Å²) >= 11 is 0. The van der Waals surface area contributed by atoms with Crippen molar-refractivity contribution in [2.75, 3.05) is 0 Å². The maximum Gasteiger partial charge on any atom is 0.353 e. The number of amides is 1. The first-order valence-corrected chi connectivity index (χ1v) is 9.02. The molecule has 0 unspecified atom stereocenters. The van der Waals surface area contributed by atoms with Crippen molar-refractivity contribution in [2.45, 2.75) is 0 Å². The lowest BCUT2D eigenvalue weighted by molar-refractivity contribution is -0.132. The van der Waals surface area contributed by atoms with Gasteiger partial charge in [-0.05, 0) is 24.3 Å². The van der Waals surface area contributed by atoms with E-state index >= 15 is 0 Å². The van der Waals surface area contributed by atoms with Gasteiger partial charge in [-0.3, -0.25) is 4.79 Å². The van der Waals surface area contributed by atoms with E-state index < -0.39 is 11.9 Å². The molecule has 5 nitrogen and oxygen atoms in total. The van der Waals surface area contributed by atoms with Crippen molar-refractivity contribution in [1.29, 1.82) is 0 Å². The van der Waals surface area contributed by atoms with Gasteiger partial charge in [0, 0.05) is 22.3 Å². The van der Waals surface area contributed by atoms with E-state index in [4.69, 9.17) is 4.74 Å². The summed E-state index contributed by atoms with van der Waals surface area (Å²) in [7, 11) is 0. The van der Waals surface area contributed by atoms with Gasteiger partial charge in [0.15, 0.2) is 0 Å². The third-order valence-corrected chi connectivity index (χ3v) is 4.49. The van der Waals surface area contributed by atoms with Gasteiger partial charge < -0.3 is 15.2 Å². The van der Waals surface area contributed by atoms with E-state index in [2.05, 4.69) is 5.32 Å². The van der Waals surface area contributed by atoms with Gasteiger partial charge in [-0.2, -0.15) is 0 Å². The molecule has 1 amide bonds. The Morgan fingerprint density at radius 3 is 2.10 bits per heavy atom. The second kappa shape index (κ2) is 7.86. The van der Waals surface area contributed by atoms with E-state index in [1.54, 1.807) is 54.6 Å². The zero-order valence-electron chi connectivity index (χ0n) is 15.3. The van der Waals surface area contributed by atoms with Crippen LogP contribution in [0.1, 0.15) is 21.5 Å². The van der Waals surface area contributed by atoms with Gasteiger partial charge in [-0.1, -0.05) is 66.7 Å². The van der Waals surface area contributed by atoms with E-state index in [9.17, 15) is 14.7 Å². The van der Waals surface area contributed by atoms with Crippen LogP contribution in [-0.2, 0) is 4.79 Å². The molecule has 2 N–H and O–H groups in total. The molecule has 0 aromatic heterocycles. The molecule has 3 aromatic carbocycles. The molecule has 3 aromatic rings. The Kier molecular flexibility index (Phi) is 4.95. The Morgan fingerprint density at radius 2 is 1.41 bits per heavy atom. The maximum absolute atomic E-state index is 12.6. The fourth-order valence-electron chi connectivity index (χ4n) is 3.10. The quantitative estimate of drug-likeness (QED) is 0.657. The zero-order valence-corrected chi connectivity index (χ0v) is 15.3. The normalized spacial score (nSPS) is 14.1. The minimum atomic E-state index is -1.23. The number of hydrogen-bond donors (Lipinski definition) is 2. The minimum Gasteiger partial charge on any atom is -0.477 e. The lowest BCUT2D eigenvalue weighted by Crippen LogP contribution is -2.28. The lowest BCUT2D eigenvalue weighted by atomic mass is 9.97. The van der Waals surface area contributed by atoms with Crippen LogP contribution in [-0.4, -0.2) is 17.0 Å². The van der Waals surface area contributed by atoms with Crippen LogP contribution in [0.5, 0.6) is 5.75 Å². The summed E-state index contributed by atoms with van der Waals surface area (Å²) in [6.07, 6.45) is 1.65. The molecule has 0 atom stereocenters. The number of carboxylic acids is 1. The number of carbonyl (C=O) groups is 2. The molecule has 142 valence electrons. The van der Waals surface area contributed by atoms with E-state index in [-0.39, 0.29) is 5.70 Å². The molecular weight excluding hydrogens is 366 g/mol. The molecule has 0 radical (unpaired) electrons. The van der Waals surface area contributed by atoms with Gasteiger partial charge in [0.2, 0.25) is 0 Å². The highest BCUT2D eigenvalue weighted by Gasteiger charge is 2.25. The highest BCUT2D eigenvalue weighted by atomic mass is 16.5. The van der Waals surface area contributed by atoms with Crippen LogP contribution in [0.25, 0.3) is 11.3 Å². The largest absolute Gasteiger partial charge is 0.477 e. The number of rotatable bonds is 4. The predicted octanol–water partition coefficient (Wildman–Crippen LogP) is 4.35. The number of aliphatic carboxylic acids is 1. The average Bonchev–Trinajstić information content (AvgIpc) is 2.77. The molecule has 1 heterocycles. The van der Waals surface area contributed by atoms with Crippen LogP contribution in [0.4, 0.5) is 0 Å². The first-order chi connectivity index (χ1) is 14.1. The number of allylic oxidation sites excluding steroid dienone is 2. The van der Waals surface area contributed by atoms with Crippen LogP contribution < -0.4 is 10.1 Å². The van der Waals surface area contributed by atoms with E-state index in [0.717, 1.165) is 5.56 Å². The maximum atomic E-state index is 12.6. The Balaban J connectivity index is 1.84. The highest BCUT2D eigenvalue weighted by Crippen LogP contribution is 2.38. The summed E-state index contributed by atoms with van der Waals surface area (Å²) in [5, 5.41) is 12.4. The monoisotopic (exact) mass is 383 g/mol. The molecular formula is C24H17NO4. The summed E-state index contributed by atoms with van der Waals surface area (Å²) in [4.78, 5) is 24.7. The van der Waals surface area contributed by atoms with Crippen molar-refractivity contribution >= 4 is 23.2 Å². The van der Waals surface area contributed by atoms with E-state index in [0.29, 0.717) is 28.2 Å². The van der Waals surface area contributed by atoms with Gasteiger partial charge in [-0.15, -0.1) is 0 Å². The van der Waals surface area contributed by atoms with E-state index in [1.165, 1.54) is 0 Å². The van der Waals surface area contributed by atoms with Crippen molar-refractivity contribution in [3.63, 3.8) is 0 Å². The molecule has 1 aliphatic rings. The second-order valence-electron chi connectivity index (χ2n) is 6.39. The Morgan fingerprint density at radius 1 is 0.793 bits per heavy atom. The summed E-state index contributed by atoms with van der Waals surface area (Å²) in [5.74, 6) is -0.692. The number of para-hydroxylation sites is 1. The van der Waals surface area contributed by atoms with Crippen molar-refractivity contribution < 1.29 is 19.4 Å². The summed E-state index contributed by atoms with van der Waals surface area (Å²) in [6.45, 7) is 0. The average molecular weight is 383 g/mol. The number of carbonyl (C=O) groups excluding carboxylic acids is 1. The summed E-state index contributed by atoms with van der Waals surface area (Å²) < 4.78 is 5.99. The van der Waals surface area contributed by atoms with Crippen LogP contribution in [0, 0.1) is 0 Å². The number of carboxylic acid groups (broad SMARTS) is 1. The Hall–Kier alpha value is -4.12. The van der Waals surface area contributed by atoms with Crippen LogP contribution in [0.15, 0.2) is 96.7 Å². The SMILES string of the molecule is O=C(O)/C(NC(=O)c1ccccc1)=C1\C=C(c2ccccc2)Oc2ccccc21. The van der Waals surface area contributed by atoms with Crippen molar-refractivity contribution in [3.05, 3.63) is 113 Å². The number of ether oxygens (including phenoxy) is 1. The fourth-order valence-corrected chi connectivity index (χ4v) is 3.10. The third-order valence-electron chi connectivity index (χ3n) is 4.49. The van der Waals surface area contributed by atoms with Gasteiger partial charge in [-0.25, -0.2) is 4.79 Å². The highest BCUT2D eigenvalue weighted by molar-refractivity contribution is 6.07. The van der Waals surface area contributed by atoms with Gasteiger partial charge >= 0.3 is 5.97 Å². The standard InChI is InChI=1S/C24H17NO4/c26-23(17-11-5-2-6-12-17)25-22(24(27)28)19-15-21(16-9-3-1-4-10-16)29-20-14-8-7-13-18(19)20/h1-15H,(H,25,26)(H,27,28)/b22-19-. The molecule has 29 heavy (non-hydrogen) atoms. The minimum absolute atomic E-state index is 0.206. The number of nitrogens with one attached hydrogen (secondary N) is 1. The first-order valence-electron chi connectivity index (χ1n) is 9.02. The first kappa shape index (κ1) is 18.3. The molecule has 0 saturated carbocycles. The van der Waals surface area contributed by atoms with Gasteiger partial charge in [0.25, 0.3) is 5.91 Å². The smallest absolute Gasteiger partial charge is 0.353 e. The molecule has 4 rings (SSSR count). The number of hydrogen-bond acceptors (Lipinski definition) is 3. The molecule has 0 spiro atoms. The van der Waals surface area contributed by atoms with E-state index in [1.807, 2.05) is 36.4 Å². The Labute approximate surface area is 167 Å². The van der Waals surface area contributed by atoms with Crippen molar-refractivity contribution in [1.82, 2.24) is 5.32 Å². The summed E-state index contributed by atoms with van der Waals surface area (Å²) in [5.41, 5.74) is 1.95. The molecule has 0 fully saturated rings. The molecule has 1 aliphatic heterocycles. The molecule has 0 aliphatic carbocycles. The topological polar surface area (TPSA) is 75.6 Å². The predicted molar refractivity (Wildman–Crippen MR) is 110 cm³/mol. The molecule has 0 saturated heterocycles. The number of fused-ring (bicyclic) bond motifs is 1. The van der Waals surface area contributed by atoms with Crippen LogP contribution >= 0.6 is 0 Å². The van der Waals surface area contributed by atoms with Crippen LogP contribution in [0.2, 0.25) is 0 Å². The fraction of sp³-hybridized carbons (Fsp3) is 0. The lowest BCUT2D eigenvalue weighted by Gasteiger charge is -2.22. The molecule has 5 heteroatoms. The van der Waals surface area contributed by atoms with Gasteiger partial charge in [0.05, 0.1) is 0 Å². The zero-order chi connectivity index (χ0) is 20.2. The Bertz CT molecular complexity index is 1130. The molecule has 0 bridgehead atoms. The summed E-state index contributed by atoms with van der Waals surface area (Å²) in [6, 6.07) is 25.0. The van der Waals surface area contributed by atoms with Gasteiger partial charge in [0.1, 0.15) is 17.2 Å².